The topological polar surface area (TPSA) is 3.24 Å². The minimum absolute atomic E-state index is 0. The van der Waals surface area contributed by atoms with Gasteiger partial charge in [-0.1, -0.05) is 54.6 Å². The SMILES string of the molecule is Cl.c1ccc(CCN2CCC3(CCc4ccccc43)CC2)cc1. The number of benzene rings is 2. The van der Waals surface area contributed by atoms with Crippen LogP contribution in [0.3, 0.4) is 0 Å². The van der Waals surface area contributed by atoms with Crippen LogP contribution in [0, 0.1) is 0 Å². The van der Waals surface area contributed by atoms with Crippen LogP contribution in [0.2, 0.25) is 0 Å². The summed E-state index contributed by atoms with van der Waals surface area (Å²) < 4.78 is 0. The van der Waals surface area contributed by atoms with Crippen LogP contribution < -0.4 is 0 Å². The van der Waals surface area contributed by atoms with Gasteiger partial charge in [-0.05, 0) is 67.3 Å². The van der Waals surface area contributed by atoms with E-state index in [4.69, 9.17) is 0 Å². The molecule has 0 aromatic heterocycles. The lowest BCUT2D eigenvalue weighted by molar-refractivity contribution is 0.160. The highest BCUT2D eigenvalue weighted by Gasteiger charge is 2.40. The summed E-state index contributed by atoms with van der Waals surface area (Å²) in [6, 6.07) is 20.1. The molecule has 1 aliphatic heterocycles. The summed E-state index contributed by atoms with van der Waals surface area (Å²) in [5, 5.41) is 0. The second kappa shape index (κ2) is 7.07. The van der Waals surface area contributed by atoms with E-state index in [0.717, 1.165) is 0 Å². The molecule has 0 bridgehead atoms. The second-order valence-corrected chi connectivity index (χ2v) is 7.01. The maximum Gasteiger partial charge on any atom is 0.00218 e. The number of fused-ring (bicyclic) bond motifs is 2. The molecule has 2 aliphatic rings. The van der Waals surface area contributed by atoms with Crippen molar-refractivity contribution in [2.45, 2.75) is 37.5 Å². The number of rotatable bonds is 3. The van der Waals surface area contributed by atoms with Crippen molar-refractivity contribution in [1.29, 1.82) is 0 Å². The Bertz CT molecular complexity index is 629. The molecule has 1 heterocycles. The van der Waals surface area contributed by atoms with Crippen molar-refractivity contribution in [2.75, 3.05) is 19.6 Å². The van der Waals surface area contributed by atoms with Crippen LogP contribution in [0.1, 0.15) is 36.0 Å². The van der Waals surface area contributed by atoms with Gasteiger partial charge in [0.1, 0.15) is 0 Å². The first kappa shape index (κ1) is 16.5. The molecule has 1 nitrogen and oxygen atoms in total. The zero-order valence-electron chi connectivity index (χ0n) is 13.7. The van der Waals surface area contributed by atoms with E-state index in [9.17, 15) is 0 Å². The third kappa shape index (κ3) is 3.32. The maximum absolute atomic E-state index is 2.67. The fourth-order valence-corrected chi connectivity index (χ4v) is 4.42. The molecule has 2 aromatic carbocycles. The van der Waals surface area contributed by atoms with E-state index in [1.54, 1.807) is 11.1 Å². The summed E-state index contributed by atoms with van der Waals surface area (Å²) in [4.78, 5) is 2.67. The smallest absolute Gasteiger partial charge is 0.00218 e. The van der Waals surface area contributed by atoms with Crippen LogP contribution in [0.15, 0.2) is 54.6 Å². The number of hydrogen-bond donors (Lipinski definition) is 0. The third-order valence-electron chi connectivity index (χ3n) is 5.83. The molecule has 0 atom stereocenters. The van der Waals surface area contributed by atoms with E-state index in [0.29, 0.717) is 5.41 Å². The molecule has 1 aliphatic carbocycles. The number of likely N-dealkylation sites (tertiary alicyclic amines) is 1. The minimum atomic E-state index is 0. The minimum Gasteiger partial charge on any atom is -0.303 e. The first-order valence-electron chi connectivity index (χ1n) is 8.70. The second-order valence-electron chi connectivity index (χ2n) is 7.01. The summed E-state index contributed by atoms with van der Waals surface area (Å²) in [7, 11) is 0. The highest BCUT2D eigenvalue weighted by molar-refractivity contribution is 5.85. The van der Waals surface area contributed by atoms with Gasteiger partial charge >= 0.3 is 0 Å². The van der Waals surface area contributed by atoms with Gasteiger partial charge < -0.3 is 4.90 Å². The average molecular weight is 328 g/mol. The van der Waals surface area contributed by atoms with Crippen molar-refractivity contribution in [3.63, 3.8) is 0 Å². The lowest BCUT2D eigenvalue weighted by atomic mass is 9.74. The zero-order valence-corrected chi connectivity index (χ0v) is 14.5. The molecule has 1 fully saturated rings. The molecule has 0 amide bonds. The van der Waals surface area contributed by atoms with Crippen LogP contribution in [0.4, 0.5) is 0 Å². The number of hydrogen-bond acceptors (Lipinski definition) is 1. The number of nitrogens with zero attached hydrogens (tertiary/aromatic N) is 1. The summed E-state index contributed by atoms with van der Waals surface area (Å²) in [5.41, 5.74) is 5.24. The van der Waals surface area contributed by atoms with Crippen LogP contribution in [0.5, 0.6) is 0 Å². The van der Waals surface area contributed by atoms with Gasteiger partial charge in [0.2, 0.25) is 0 Å². The van der Waals surface area contributed by atoms with E-state index < -0.39 is 0 Å². The lowest BCUT2D eigenvalue weighted by Gasteiger charge is -2.40. The fraction of sp³-hybridized carbons (Fsp3) is 0.429. The molecule has 2 aromatic rings. The van der Waals surface area contributed by atoms with Crippen molar-refractivity contribution in [3.05, 3.63) is 71.3 Å². The summed E-state index contributed by atoms with van der Waals surface area (Å²) >= 11 is 0. The molecule has 0 saturated carbocycles. The van der Waals surface area contributed by atoms with Crippen LogP contribution in [-0.2, 0) is 18.3 Å². The Morgan fingerprint density at radius 2 is 1.52 bits per heavy atom. The van der Waals surface area contributed by atoms with E-state index in [2.05, 4.69) is 59.5 Å². The first-order chi connectivity index (χ1) is 10.9. The van der Waals surface area contributed by atoms with Crippen molar-refractivity contribution in [3.8, 4) is 0 Å². The summed E-state index contributed by atoms with van der Waals surface area (Å²) in [6.45, 7) is 3.74. The molecule has 23 heavy (non-hydrogen) atoms. The van der Waals surface area contributed by atoms with E-state index in [1.807, 2.05) is 0 Å². The van der Waals surface area contributed by atoms with Gasteiger partial charge in [-0.15, -0.1) is 12.4 Å². The normalized spacial score (nSPS) is 19.3. The summed E-state index contributed by atoms with van der Waals surface area (Å²) in [6.07, 6.45) is 6.54. The predicted molar refractivity (Wildman–Crippen MR) is 99.5 cm³/mol. The van der Waals surface area contributed by atoms with E-state index in [-0.39, 0.29) is 12.4 Å². The molecule has 0 N–H and O–H groups in total. The Morgan fingerprint density at radius 1 is 0.826 bits per heavy atom. The Labute approximate surface area is 146 Å². The van der Waals surface area contributed by atoms with Gasteiger partial charge in [-0.3, -0.25) is 0 Å². The van der Waals surface area contributed by atoms with Crippen molar-refractivity contribution in [1.82, 2.24) is 4.90 Å². The largest absolute Gasteiger partial charge is 0.303 e. The quantitative estimate of drug-likeness (QED) is 0.794. The van der Waals surface area contributed by atoms with Crippen LogP contribution >= 0.6 is 12.4 Å². The van der Waals surface area contributed by atoms with Gasteiger partial charge in [0.15, 0.2) is 0 Å². The van der Waals surface area contributed by atoms with Gasteiger partial charge in [0, 0.05) is 6.54 Å². The molecule has 4 rings (SSSR count). The Morgan fingerprint density at radius 3 is 2.30 bits per heavy atom. The Hall–Kier alpha value is -1.31. The van der Waals surface area contributed by atoms with Gasteiger partial charge in [-0.2, -0.15) is 0 Å². The zero-order chi connectivity index (χ0) is 14.8. The standard InChI is InChI=1S/C21H25N.ClH/c1-2-6-18(7-3-1)11-15-22-16-13-21(14-17-22)12-10-19-8-4-5-9-20(19)21;/h1-9H,10-17H2;1H. The number of piperidine rings is 1. The molecular weight excluding hydrogens is 302 g/mol. The Kier molecular flexibility index (Phi) is 5.08. The molecule has 122 valence electrons. The molecule has 2 heteroatoms. The molecule has 0 radical (unpaired) electrons. The highest BCUT2D eigenvalue weighted by atomic mass is 35.5. The van der Waals surface area contributed by atoms with Crippen molar-refractivity contribution < 1.29 is 0 Å². The van der Waals surface area contributed by atoms with Gasteiger partial charge in [0.25, 0.3) is 0 Å². The van der Waals surface area contributed by atoms with Gasteiger partial charge in [-0.25, -0.2) is 0 Å². The van der Waals surface area contributed by atoms with E-state index >= 15 is 0 Å². The summed E-state index contributed by atoms with van der Waals surface area (Å²) in [5.74, 6) is 0. The molecule has 1 spiro atoms. The first-order valence-corrected chi connectivity index (χ1v) is 8.70. The Balaban J connectivity index is 0.00000156. The monoisotopic (exact) mass is 327 g/mol. The fourth-order valence-electron chi connectivity index (χ4n) is 4.42. The number of aryl methyl sites for hydroxylation is 1. The van der Waals surface area contributed by atoms with Crippen LogP contribution in [-0.4, -0.2) is 24.5 Å². The molecular formula is C21H26ClN. The molecule has 1 saturated heterocycles. The lowest BCUT2D eigenvalue weighted by Crippen LogP contribution is -2.42. The molecule has 0 unspecified atom stereocenters. The van der Waals surface area contributed by atoms with Crippen molar-refractivity contribution in [2.24, 2.45) is 0 Å². The van der Waals surface area contributed by atoms with E-state index in [1.165, 1.54) is 57.3 Å². The predicted octanol–water partition coefficient (Wildman–Crippen LogP) is 4.63. The highest BCUT2D eigenvalue weighted by Crippen LogP contribution is 2.46. The average Bonchev–Trinajstić information content (AvgIpc) is 2.94. The van der Waals surface area contributed by atoms with Crippen molar-refractivity contribution >= 4 is 12.4 Å². The number of halogens is 1. The third-order valence-corrected chi connectivity index (χ3v) is 5.83. The maximum atomic E-state index is 2.67. The van der Waals surface area contributed by atoms with Crippen LogP contribution in [0.25, 0.3) is 0 Å². The van der Waals surface area contributed by atoms with Gasteiger partial charge in [0.05, 0.1) is 0 Å².